The molecular weight excluding hydrogens is 456 g/mol. The minimum absolute atomic E-state index is 0. The summed E-state index contributed by atoms with van der Waals surface area (Å²) in [7, 11) is 1.99. The number of rotatable bonds is 5. The van der Waals surface area contributed by atoms with Crippen molar-refractivity contribution in [3.05, 3.63) is 93.1 Å². The van der Waals surface area contributed by atoms with Crippen molar-refractivity contribution in [2.45, 2.75) is 26.9 Å². The molecule has 7 heteroatoms. The van der Waals surface area contributed by atoms with E-state index < -0.39 is 0 Å². The van der Waals surface area contributed by atoms with Gasteiger partial charge in [0.15, 0.2) is 0 Å². The average molecular weight is 479 g/mol. The minimum atomic E-state index is -0.242. The summed E-state index contributed by atoms with van der Waals surface area (Å²) in [6.07, 6.45) is 1.85. The molecule has 0 aliphatic carbocycles. The van der Waals surface area contributed by atoms with E-state index in [4.69, 9.17) is 28.2 Å². The van der Waals surface area contributed by atoms with Crippen LogP contribution in [-0.2, 0) is 13.1 Å². The van der Waals surface area contributed by atoms with Crippen molar-refractivity contribution in [3.63, 3.8) is 0 Å². The molecule has 162 valence electrons. The van der Waals surface area contributed by atoms with E-state index in [2.05, 4.69) is 29.4 Å². The van der Waals surface area contributed by atoms with Gasteiger partial charge in [0.1, 0.15) is 5.82 Å². The first kappa shape index (κ1) is 23.4. The molecule has 0 aliphatic heterocycles. The molecule has 0 saturated carbocycles. The van der Waals surface area contributed by atoms with Crippen LogP contribution < -0.4 is 4.90 Å². The Balaban J connectivity index is 0.00000272. The van der Waals surface area contributed by atoms with Gasteiger partial charge in [0.05, 0.1) is 27.8 Å². The zero-order valence-corrected chi connectivity index (χ0v) is 19.8. The van der Waals surface area contributed by atoms with Gasteiger partial charge in [0.25, 0.3) is 0 Å². The Bertz CT molecular complexity index is 1220. The lowest BCUT2D eigenvalue weighted by Crippen LogP contribution is -2.18. The Morgan fingerprint density at radius 2 is 1.71 bits per heavy atom. The molecule has 0 saturated heterocycles. The quantitative estimate of drug-likeness (QED) is 0.302. The smallest absolute Gasteiger partial charge is 0.123 e. The van der Waals surface area contributed by atoms with Crippen LogP contribution >= 0.6 is 35.6 Å². The van der Waals surface area contributed by atoms with Gasteiger partial charge in [-0.1, -0.05) is 29.3 Å². The van der Waals surface area contributed by atoms with E-state index in [0.29, 0.717) is 23.1 Å². The Kier molecular flexibility index (Phi) is 7.15. The molecule has 0 atom stereocenters. The first-order valence-electron chi connectivity index (χ1n) is 9.69. The van der Waals surface area contributed by atoms with Crippen LogP contribution in [-0.4, -0.2) is 16.6 Å². The first-order valence-corrected chi connectivity index (χ1v) is 10.4. The van der Waals surface area contributed by atoms with Gasteiger partial charge in [0.2, 0.25) is 0 Å². The molecule has 2 heterocycles. The maximum Gasteiger partial charge on any atom is 0.123 e. The largest absolute Gasteiger partial charge is 0.369 e. The summed E-state index contributed by atoms with van der Waals surface area (Å²) in [5.41, 5.74) is 6.51. The van der Waals surface area contributed by atoms with Crippen LogP contribution in [0, 0.1) is 19.7 Å². The third-order valence-electron chi connectivity index (χ3n) is 5.60. The van der Waals surface area contributed by atoms with E-state index in [1.165, 1.54) is 28.8 Å². The number of aromatic nitrogens is 2. The second-order valence-corrected chi connectivity index (χ2v) is 8.35. The highest BCUT2D eigenvalue weighted by atomic mass is 35.5. The highest BCUT2D eigenvalue weighted by Crippen LogP contribution is 2.30. The Morgan fingerprint density at radius 1 is 1.00 bits per heavy atom. The molecule has 0 spiro atoms. The SMILES string of the molecule is Cc1c(C)n(Cc2ccc(Cl)c(Cl)c2)c2c(CN(C)c3ccc(F)cc3)nccc12.Cl. The average Bonchev–Trinajstić information content (AvgIpc) is 2.97. The zero-order chi connectivity index (χ0) is 21.4. The fourth-order valence-corrected chi connectivity index (χ4v) is 4.13. The summed E-state index contributed by atoms with van der Waals surface area (Å²) >= 11 is 12.3. The molecule has 0 N–H and O–H groups in total. The highest BCUT2D eigenvalue weighted by Gasteiger charge is 2.17. The van der Waals surface area contributed by atoms with E-state index in [1.54, 1.807) is 12.1 Å². The standard InChI is InChI=1S/C24H22Cl2FN3.ClH/c1-15-16(2)30(13-17-4-9-21(25)22(26)12-17)24-20(15)10-11-28-23(24)14-29(3)19-7-5-18(27)6-8-19;/h4-12H,13-14H2,1-3H3;1H. The van der Waals surface area contributed by atoms with Crippen LogP contribution in [0.3, 0.4) is 0 Å². The third-order valence-corrected chi connectivity index (χ3v) is 6.34. The van der Waals surface area contributed by atoms with Crippen molar-refractivity contribution in [3.8, 4) is 0 Å². The van der Waals surface area contributed by atoms with E-state index in [1.807, 2.05) is 31.4 Å². The number of nitrogens with zero attached hydrogens (tertiary/aromatic N) is 3. The van der Waals surface area contributed by atoms with Crippen LogP contribution in [0.4, 0.5) is 10.1 Å². The number of pyridine rings is 1. The predicted molar refractivity (Wildman–Crippen MR) is 131 cm³/mol. The second-order valence-electron chi connectivity index (χ2n) is 7.53. The van der Waals surface area contributed by atoms with Crippen molar-refractivity contribution in [2.24, 2.45) is 0 Å². The fourth-order valence-electron chi connectivity index (χ4n) is 3.81. The molecular formula is C24H23Cl3FN3. The van der Waals surface area contributed by atoms with E-state index >= 15 is 0 Å². The van der Waals surface area contributed by atoms with Gasteiger partial charge in [0, 0.05) is 36.6 Å². The number of benzene rings is 2. The molecule has 3 nitrogen and oxygen atoms in total. The van der Waals surface area contributed by atoms with Crippen molar-refractivity contribution in [2.75, 3.05) is 11.9 Å². The molecule has 4 rings (SSSR count). The van der Waals surface area contributed by atoms with Gasteiger partial charge in [-0.3, -0.25) is 4.98 Å². The van der Waals surface area contributed by atoms with Crippen LogP contribution in [0.5, 0.6) is 0 Å². The van der Waals surface area contributed by atoms with Crippen molar-refractivity contribution in [1.29, 1.82) is 0 Å². The number of fused-ring (bicyclic) bond motifs is 1. The lowest BCUT2D eigenvalue weighted by atomic mass is 10.1. The molecule has 0 aliphatic rings. The van der Waals surface area contributed by atoms with Gasteiger partial charge < -0.3 is 9.47 Å². The highest BCUT2D eigenvalue weighted by molar-refractivity contribution is 6.42. The second kappa shape index (κ2) is 9.47. The van der Waals surface area contributed by atoms with Crippen molar-refractivity contribution in [1.82, 2.24) is 9.55 Å². The van der Waals surface area contributed by atoms with E-state index in [9.17, 15) is 4.39 Å². The Labute approximate surface area is 197 Å². The lowest BCUT2D eigenvalue weighted by Gasteiger charge is -2.20. The Morgan fingerprint density at radius 3 is 2.39 bits per heavy atom. The molecule has 0 radical (unpaired) electrons. The number of hydrogen-bond acceptors (Lipinski definition) is 2. The van der Waals surface area contributed by atoms with Crippen molar-refractivity contribution >= 4 is 52.2 Å². The van der Waals surface area contributed by atoms with Gasteiger partial charge in [-0.15, -0.1) is 12.4 Å². The van der Waals surface area contributed by atoms with Gasteiger partial charge in [-0.05, 0) is 67.4 Å². The summed E-state index contributed by atoms with van der Waals surface area (Å²) in [6.45, 7) is 5.54. The lowest BCUT2D eigenvalue weighted by molar-refractivity contribution is 0.627. The van der Waals surface area contributed by atoms with Crippen LogP contribution in [0.15, 0.2) is 54.7 Å². The molecule has 31 heavy (non-hydrogen) atoms. The maximum absolute atomic E-state index is 13.3. The molecule has 2 aromatic heterocycles. The molecule has 0 amide bonds. The van der Waals surface area contributed by atoms with Crippen molar-refractivity contribution < 1.29 is 4.39 Å². The van der Waals surface area contributed by atoms with Crippen LogP contribution in [0.2, 0.25) is 10.0 Å². The van der Waals surface area contributed by atoms with E-state index in [-0.39, 0.29) is 18.2 Å². The Hall–Kier alpha value is -2.27. The topological polar surface area (TPSA) is 21.1 Å². The summed E-state index contributed by atoms with van der Waals surface area (Å²) < 4.78 is 15.6. The molecule has 4 aromatic rings. The number of anilines is 1. The third kappa shape index (κ3) is 4.67. The maximum atomic E-state index is 13.3. The van der Waals surface area contributed by atoms with E-state index in [0.717, 1.165) is 22.5 Å². The molecule has 0 bridgehead atoms. The number of halogens is 4. The summed E-state index contributed by atoms with van der Waals surface area (Å²) in [5.74, 6) is -0.242. The normalized spacial score (nSPS) is 10.9. The van der Waals surface area contributed by atoms with Crippen LogP contribution in [0.1, 0.15) is 22.5 Å². The summed E-state index contributed by atoms with van der Waals surface area (Å²) in [6, 6.07) is 14.3. The summed E-state index contributed by atoms with van der Waals surface area (Å²) in [4.78, 5) is 6.77. The number of aryl methyl sites for hydroxylation is 1. The van der Waals surface area contributed by atoms with Crippen LogP contribution in [0.25, 0.3) is 10.9 Å². The fraction of sp³-hybridized carbons (Fsp3) is 0.208. The molecule has 2 aromatic carbocycles. The minimum Gasteiger partial charge on any atom is -0.369 e. The van der Waals surface area contributed by atoms with Gasteiger partial charge in [-0.25, -0.2) is 4.39 Å². The van der Waals surface area contributed by atoms with Gasteiger partial charge >= 0.3 is 0 Å². The molecule has 0 fully saturated rings. The monoisotopic (exact) mass is 477 g/mol. The zero-order valence-electron chi connectivity index (χ0n) is 17.5. The number of hydrogen-bond donors (Lipinski definition) is 0. The molecule has 0 unspecified atom stereocenters. The van der Waals surface area contributed by atoms with Gasteiger partial charge in [-0.2, -0.15) is 0 Å². The predicted octanol–water partition coefficient (Wildman–Crippen LogP) is 7.21. The summed E-state index contributed by atoms with van der Waals surface area (Å²) in [5, 5.41) is 2.29. The first-order chi connectivity index (χ1) is 14.3.